The summed E-state index contributed by atoms with van der Waals surface area (Å²) in [5, 5.41) is 12.9. The van der Waals surface area contributed by atoms with Crippen LogP contribution in [0.15, 0.2) is 42.5 Å². The fourth-order valence-electron chi connectivity index (χ4n) is 3.58. The van der Waals surface area contributed by atoms with Crippen molar-refractivity contribution in [2.75, 3.05) is 13.2 Å². The summed E-state index contributed by atoms with van der Waals surface area (Å²) in [4.78, 5) is 14.5. The van der Waals surface area contributed by atoms with Gasteiger partial charge < -0.3 is 15.2 Å². The van der Waals surface area contributed by atoms with Crippen molar-refractivity contribution in [1.29, 1.82) is 0 Å². The summed E-state index contributed by atoms with van der Waals surface area (Å²) >= 11 is 1.67. The SMILES string of the molecule is CC(O)c1ccc(C2(CNC(=O)COCc3ccccc3)CCCC2)s1. The molecule has 0 aliphatic heterocycles. The van der Waals surface area contributed by atoms with Crippen molar-refractivity contribution in [3.05, 3.63) is 57.8 Å². The molecule has 140 valence electrons. The Kier molecular flexibility index (Phi) is 6.46. The summed E-state index contributed by atoms with van der Waals surface area (Å²) in [6, 6.07) is 14.0. The molecule has 3 rings (SSSR count). The standard InChI is InChI=1S/C21H27NO3S/c1-16(23)18-9-10-19(26-18)21(11-5-6-12-21)15-22-20(24)14-25-13-17-7-3-2-4-8-17/h2-4,7-10,16,23H,5-6,11-15H2,1H3,(H,22,24). The zero-order valence-electron chi connectivity index (χ0n) is 15.2. The molecular formula is C21H27NO3S. The molecule has 1 aliphatic rings. The van der Waals surface area contributed by atoms with E-state index in [1.807, 2.05) is 36.4 Å². The average Bonchev–Trinajstić information content (AvgIpc) is 3.31. The number of hydrogen-bond acceptors (Lipinski definition) is 4. The maximum absolute atomic E-state index is 12.2. The van der Waals surface area contributed by atoms with E-state index in [9.17, 15) is 9.90 Å². The molecule has 26 heavy (non-hydrogen) atoms. The van der Waals surface area contributed by atoms with Gasteiger partial charge in [-0.1, -0.05) is 43.2 Å². The molecule has 1 aliphatic carbocycles. The van der Waals surface area contributed by atoms with Gasteiger partial charge in [0.05, 0.1) is 12.7 Å². The molecule has 4 nitrogen and oxygen atoms in total. The molecule has 5 heteroatoms. The predicted octanol–water partition coefficient (Wildman–Crippen LogP) is 3.95. The second-order valence-corrected chi connectivity index (χ2v) is 8.24. The van der Waals surface area contributed by atoms with Gasteiger partial charge in [-0.25, -0.2) is 0 Å². The Morgan fingerprint density at radius 1 is 1.23 bits per heavy atom. The molecule has 1 atom stereocenters. The molecule has 0 saturated heterocycles. The minimum absolute atomic E-state index is 0.00684. The summed E-state index contributed by atoms with van der Waals surface area (Å²) in [6.45, 7) is 2.96. The summed E-state index contributed by atoms with van der Waals surface area (Å²) < 4.78 is 5.53. The van der Waals surface area contributed by atoms with E-state index >= 15 is 0 Å². The van der Waals surface area contributed by atoms with Crippen molar-refractivity contribution in [2.24, 2.45) is 0 Å². The van der Waals surface area contributed by atoms with Crippen LogP contribution >= 0.6 is 11.3 Å². The van der Waals surface area contributed by atoms with E-state index in [-0.39, 0.29) is 17.9 Å². The molecule has 0 radical (unpaired) electrons. The van der Waals surface area contributed by atoms with Crippen LogP contribution in [-0.4, -0.2) is 24.2 Å². The quantitative estimate of drug-likeness (QED) is 0.737. The van der Waals surface area contributed by atoms with Gasteiger partial charge in [-0.3, -0.25) is 4.79 Å². The van der Waals surface area contributed by atoms with Gasteiger partial charge in [-0.2, -0.15) is 0 Å². The van der Waals surface area contributed by atoms with Crippen molar-refractivity contribution < 1.29 is 14.6 Å². The minimum Gasteiger partial charge on any atom is -0.388 e. The highest BCUT2D eigenvalue weighted by atomic mass is 32.1. The number of aliphatic hydroxyl groups excluding tert-OH is 1. The summed E-state index contributed by atoms with van der Waals surface area (Å²) in [6.07, 6.45) is 4.09. The third-order valence-electron chi connectivity index (χ3n) is 5.09. The first kappa shape index (κ1) is 19.1. The highest BCUT2D eigenvalue weighted by Crippen LogP contribution is 2.44. The summed E-state index contributed by atoms with van der Waals surface area (Å²) in [7, 11) is 0. The highest BCUT2D eigenvalue weighted by molar-refractivity contribution is 7.12. The number of thiophene rings is 1. The van der Waals surface area contributed by atoms with Crippen LogP contribution in [0.25, 0.3) is 0 Å². The smallest absolute Gasteiger partial charge is 0.246 e. The first-order valence-electron chi connectivity index (χ1n) is 9.26. The largest absolute Gasteiger partial charge is 0.388 e. The maximum atomic E-state index is 12.2. The lowest BCUT2D eigenvalue weighted by Crippen LogP contribution is -2.40. The molecular weight excluding hydrogens is 346 g/mol. The zero-order chi connectivity index (χ0) is 18.4. The molecule has 1 saturated carbocycles. The normalized spacial score (nSPS) is 17.2. The minimum atomic E-state index is -0.437. The second kappa shape index (κ2) is 8.80. The van der Waals surface area contributed by atoms with Gasteiger partial charge in [0.2, 0.25) is 5.91 Å². The van der Waals surface area contributed by atoms with Gasteiger partial charge >= 0.3 is 0 Å². The lowest BCUT2D eigenvalue weighted by Gasteiger charge is -2.28. The van der Waals surface area contributed by atoms with Crippen LogP contribution in [0.5, 0.6) is 0 Å². The number of nitrogens with one attached hydrogen (secondary N) is 1. The zero-order valence-corrected chi connectivity index (χ0v) is 16.1. The number of carbonyl (C=O) groups excluding carboxylic acids is 1. The van der Waals surface area contributed by atoms with Gasteiger partial charge in [-0.05, 0) is 37.5 Å². The lowest BCUT2D eigenvalue weighted by atomic mass is 9.84. The Morgan fingerprint density at radius 3 is 2.62 bits per heavy atom. The summed E-state index contributed by atoms with van der Waals surface area (Å²) in [5.41, 5.74) is 1.07. The van der Waals surface area contributed by atoms with Crippen LogP contribution in [0.1, 0.15) is 54.0 Å². The van der Waals surface area contributed by atoms with Crippen molar-refractivity contribution in [3.8, 4) is 0 Å². The Labute approximate surface area is 159 Å². The van der Waals surface area contributed by atoms with Crippen LogP contribution < -0.4 is 5.32 Å². The molecule has 1 heterocycles. The van der Waals surface area contributed by atoms with Crippen molar-refractivity contribution >= 4 is 17.2 Å². The second-order valence-electron chi connectivity index (χ2n) is 7.12. The van der Waals surface area contributed by atoms with E-state index < -0.39 is 6.10 Å². The van der Waals surface area contributed by atoms with E-state index in [1.54, 1.807) is 18.3 Å². The van der Waals surface area contributed by atoms with Gasteiger partial charge in [-0.15, -0.1) is 11.3 Å². The first-order chi connectivity index (χ1) is 12.6. The average molecular weight is 374 g/mol. The van der Waals surface area contributed by atoms with Crippen LogP contribution in [-0.2, 0) is 21.6 Å². The fourth-order valence-corrected chi connectivity index (χ4v) is 4.77. The molecule has 1 amide bonds. The van der Waals surface area contributed by atoms with Gasteiger partial charge in [0.1, 0.15) is 6.61 Å². The van der Waals surface area contributed by atoms with Crippen LogP contribution in [0.3, 0.4) is 0 Å². The van der Waals surface area contributed by atoms with Crippen LogP contribution in [0.4, 0.5) is 0 Å². The third kappa shape index (κ3) is 4.72. The van der Waals surface area contributed by atoms with Gasteiger partial charge in [0.25, 0.3) is 0 Å². The lowest BCUT2D eigenvalue weighted by molar-refractivity contribution is -0.126. The molecule has 0 spiro atoms. The number of hydrogen-bond donors (Lipinski definition) is 2. The molecule has 1 aromatic heterocycles. The molecule has 1 fully saturated rings. The molecule has 2 N–H and O–H groups in total. The van der Waals surface area contributed by atoms with Crippen molar-refractivity contribution in [1.82, 2.24) is 5.32 Å². The first-order valence-corrected chi connectivity index (χ1v) is 10.1. The van der Waals surface area contributed by atoms with E-state index in [1.165, 1.54) is 17.7 Å². The topological polar surface area (TPSA) is 58.6 Å². The van der Waals surface area contributed by atoms with Crippen LogP contribution in [0.2, 0.25) is 0 Å². The van der Waals surface area contributed by atoms with E-state index in [4.69, 9.17) is 4.74 Å². The third-order valence-corrected chi connectivity index (χ3v) is 6.59. The van der Waals surface area contributed by atoms with Crippen LogP contribution in [0, 0.1) is 0 Å². The van der Waals surface area contributed by atoms with E-state index in [0.717, 1.165) is 23.3 Å². The Morgan fingerprint density at radius 2 is 1.96 bits per heavy atom. The number of rotatable bonds is 8. The van der Waals surface area contributed by atoms with Crippen molar-refractivity contribution in [2.45, 2.75) is 50.7 Å². The highest BCUT2D eigenvalue weighted by Gasteiger charge is 2.37. The molecule has 1 aromatic carbocycles. The van der Waals surface area contributed by atoms with E-state index in [0.29, 0.717) is 13.2 Å². The number of ether oxygens (including phenoxy) is 1. The molecule has 0 bridgehead atoms. The molecule has 1 unspecified atom stereocenters. The van der Waals surface area contributed by atoms with Crippen molar-refractivity contribution in [3.63, 3.8) is 0 Å². The summed E-state index contributed by atoms with van der Waals surface area (Å²) in [5.74, 6) is -0.0699. The Bertz CT molecular complexity index is 705. The number of benzene rings is 1. The van der Waals surface area contributed by atoms with Gasteiger partial charge in [0.15, 0.2) is 0 Å². The Balaban J connectivity index is 1.52. The number of aliphatic hydroxyl groups is 1. The number of carbonyl (C=O) groups is 1. The predicted molar refractivity (Wildman–Crippen MR) is 104 cm³/mol. The fraction of sp³-hybridized carbons (Fsp3) is 0.476. The van der Waals surface area contributed by atoms with Gasteiger partial charge in [0, 0.05) is 21.7 Å². The maximum Gasteiger partial charge on any atom is 0.246 e. The Hall–Kier alpha value is -1.69. The van der Waals surface area contributed by atoms with E-state index in [2.05, 4.69) is 11.4 Å². The monoisotopic (exact) mass is 373 g/mol. The number of amides is 1. The molecule has 2 aromatic rings.